The Bertz CT molecular complexity index is 1010. The molecule has 0 unspecified atom stereocenters. The van der Waals surface area contributed by atoms with Crippen molar-refractivity contribution >= 4 is 29.9 Å². The fourth-order valence-corrected chi connectivity index (χ4v) is 3.80. The first-order chi connectivity index (χ1) is 16.2. The highest BCUT2D eigenvalue weighted by Crippen LogP contribution is 2.17. The number of rotatable bonds is 8. The highest BCUT2D eigenvalue weighted by Gasteiger charge is 2.13. The lowest BCUT2D eigenvalue weighted by Gasteiger charge is -2.32. The van der Waals surface area contributed by atoms with E-state index >= 15 is 0 Å². The lowest BCUT2D eigenvalue weighted by Crippen LogP contribution is -2.43. The Morgan fingerprint density at radius 3 is 2.38 bits per heavy atom. The number of benzene rings is 2. The summed E-state index contributed by atoms with van der Waals surface area (Å²) in [4.78, 5) is 14.2. The lowest BCUT2D eigenvalue weighted by molar-refractivity contribution is 0.148. The van der Waals surface area contributed by atoms with E-state index in [1.54, 1.807) is 6.26 Å². The molecule has 0 radical (unpaired) electrons. The summed E-state index contributed by atoms with van der Waals surface area (Å²) in [5.74, 6) is 1.40. The van der Waals surface area contributed by atoms with Crippen LogP contribution in [0.3, 0.4) is 0 Å². The molecule has 0 aliphatic carbocycles. The van der Waals surface area contributed by atoms with Gasteiger partial charge in [0.05, 0.1) is 18.8 Å². The lowest BCUT2D eigenvalue weighted by atomic mass is 10.1. The van der Waals surface area contributed by atoms with Crippen LogP contribution in [0.5, 0.6) is 0 Å². The van der Waals surface area contributed by atoms with Gasteiger partial charge >= 0.3 is 0 Å². The number of oxazole rings is 1. The van der Waals surface area contributed by atoms with Crippen molar-refractivity contribution in [3.63, 3.8) is 0 Å². The third-order valence-corrected chi connectivity index (χ3v) is 5.80. The zero-order valence-corrected chi connectivity index (χ0v) is 22.4. The first-order valence-electron chi connectivity index (χ1n) is 11.7. The quantitative estimate of drug-likeness (QED) is 0.241. The molecule has 3 aromatic rings. The van der Waals surface area contributed by atoms with E-state index in [-0.39, 0.29) is 24.0 Å². The Morgan fingerprint density at radius 2 is 1.68 bits per heavy atom. The molecule has 2 N–H and O–H groups in total. The maximum Gasteiger partial charge on any atom is 0.226 e. The predicted octanol–water partition coefficient (Wildman–Crippen LogP) is 3.96. The number of nitrogens with one attached hydrogen (secondary N) is 2. The molecule has 4 rings (SSSR count). The third kappa shape index (κ3) is 7.82. The van der Waals surface area contributed by atoms with Gasteiger partial charge in [-0.05, 0) is 37.2 Å². The van der Waals surface area contributed by atoms with Crippen LogP contribution in [0, 0.1) is 0 Å². The number of hydrogen-bond acceptors (Lipinski definition) is 5. The maximum atomic E-state index is 5.63. The first-order valence-corrected chi connectivity index (χ1v) is 11.7. The fraction of sp³-hybridized carbons (Fsp3) is 0.385. The van der Waals surface area contributed by atoms with Gasteiger partial charge in [0.15, 0.2) is 5.96 Å². The van der Waals surface area contributed by atoms with Crippen LogP contribution >= 0.6 is 24.0 Å². The predicted molar refractivity (Wildman–Crippen MR) is 148 cm³/mol. The van der Waals surface area contributed by atoms with Crippen molar-refractivity contribution in [2.75, 3.05) is 39.8 Å². The van der Waals surface area contributed by atoms with Gasteiger partial charge in [0.25, 0.3) is 0 Å². The van der Waals surface area contributed by atoms with Gasteiger partial charge in [0.2, 0.25) is 5.89 Å². The minimum Gasteiger partial charge on any atom is -0.444 e. The van der Waals surface area contributed by atoms with Gasteiger partial charge < -0.3 is 20.0 Å². The number of nitrogens with zero attached hydrogens (tertiary/aromatic N) is 4. The Morgan fingerprint density at radius 1 is 0.971 bits per heavy atom. The van der Waals surface area contributed by atoms with Crippen LogP contribution in [-0.2, 0) is 19.6 Å². The Labute approximate surface area is 219 Å². The summed E-state index contributed by atoms with van der Waals surface area (Å²) in [6.07, 6.45) is 1.69. The SMILES string of the molecule is CCNC(=NCc1ccc(CN2CCN(C)CC2)cc1)NCc1coc(-c2ccccc2)n1.I. The van der Waals surface area contributed by atoms with Gasteiger partial charge in [0.1, 0.15) is 6.26 Å². The van der Waals surface area contributed by atoms with Crippen molar-refractivity contribution in [1.29, 1.82) is 0 Å². The summed E-state index contributed by atoms with van der Waals surface area (Å²) in [7, 11) is 2.19. The van der Waals surface area contributed by atoms with Crippen LogP contribution in [0.4, 0.5) is 0 Å². The van der Waals surface area contributed by atoms with Crippen LogP contribution in [0.15, 0.2) is 70.3 Å². The van der Waals surface area contributed by atoms with Crippen molar-refractivity contribution < 1.29 is 4.42 Å². The zero-order chi connectivity index (χ0) is 22.9. The molecule has 7 nitrogen and oxygen atoms in total. The molecule has 1 saturated heterocycles. The van der Waals surface area contributed by atoms with Crippen molar-refractivity contribution in [1.82, 2.24) is 25.4 Å². The average molecular weight is 575 g/mol. The summed E-state index contributed by atoms with van der Waals surface area (Å²) < 4.78 is 5.63. The van der Waals surface area contributed by atoms with Crippen molar-refractivity contribution in [2.45, 2.75) is 26.6 Å². The molecule has 0 amide bonds. The monoisotopic (exact) mass is 574 g/mol. The van der Waals surface area contributed by atoms with E-state index in [1.165, 1.54) is 11.1 Å². The van der Waals surface area contributed by atoms with E-state index in [1.807, 2.05) is 30.3 Å². The summed E-state index contributed by atoms with van der Waals surface area (Å²) in [5.41, 5.74) is 4.37. The molecular weight excluding hydrogens is 539 g/mol. The summed E-state index contributed by atoms with van der Waals surface area (Å²) in [6, 6.07) is 18.7. The molecule has 1 fully saturated rings. The topological polar surface area (TPSA) is 68.9 Å². The standard InChI is InChI=1S/C26H34N6O.HI/c1-3-27-26(29-18-24-20-33-25(30-24)23-7-5-4-6-8-23)28-17-21-9-11-22(12-10-21)19-32-15-13-31(2)14-16-32;/h4-12,20H,3,13-19H2,1-2H3,(H2,27,28,29);1H. The number of likely N-dealkylation sites (N-methyl/N-ethyl adjacent to an activating group) is 1. The number of aromatic nitrogens is 1. The van der Waals surface area contributed by atoms with Gasteiger partial charge in [-0.2, -0.15) is 0 Å². The van der Waals surface area contributed by atoms with Gasteiger partial charge in [0, 0.05) is 44.8 Å². The van der Waals surface area contributed by atoms with Crippen LogP contribution in [0.2, 0.25) is 0 Å². The number of hydrogen-bond donors (Lipinski definition) is 2. The number of piperazine rings is 1. The first kappa shape index (κ1) is 26.2. The number of guanidine groups is 1. The minimum absolute atomic E-state index is 0. The number of aliphatic imine (C=N–C) groups is 1. The molecule has 0 atom stereocenters. The van der Waals surface area contributed by atoms with E-state index in [2.05, 4.69) is 63.7 Å². The second-order valence-corrected chi connectivity index (χ2v) is 8.45. The Kier molecular flexibility index (Phi) is 10.4. The summed E-state index contributed by atoms with van der Waals surface area (Å²) in [6.45, 7) is 9.62. The largest absolute Gasteiger partial charge is 0.444 e. The van der Waals surface area contributed by atoms with Crippen molar-refractivity contribution in [2.24, 2.45) is 4.99 Å². The van der Waals surface area contributed by atoms with E-state index in [9.17, 15) is 0 Å². The van der Waals surface area contributed by atoms with Crippen LogP contribution in [0.25, 0.3) is 11.5 Å². The highest BCUT2D eigenvalue weighted by atomic mass is 127. The number of halogens is 1. The molecule has 34 heavy (non-hydrogen) atoms. The average Bonchev–Trinajstić information content (AvgIpc) is 3.33. The molecule has 0 spiro atoms. The second kappa shape index (κ2) is 13.5. The third-order valence-electron chi connectivity index (χ3n) is 5.80. The van der Waals surface area contributed by atoms with Crippen LogP contribution in [0.1, 0.15) is 23.7 Å². The van der Waals surface area contributed by atoms with Gasteiger partial charge in [-0.1, -0.05) is 42.5 Å². The minimum atomic E-state index is 0. The van der Waals surface area contributed by atoms with Crippen LogP contribution < -0.4 is 10.6 Å². The fourth-order valence-electron chi connectivity index (χ4n) is 3.80. The second-order valence-electron chi connectivity index (χ2n) is 8.45. The van der Waals surface area contributed by atoms with Gasteiger partial charge in [-0.25, -0.2) is 9.98 Å². The van der Waals surface area contributed by atoms with Gasteiger partial charge in [-0.15, -0.1) is 24.0 Å². The molecule has 2 heterocycles. The smallest absolute Gasteiger partial charge is 0.226 e. The molecule has 0 saturated carbocycles. The van der Waals surface area contributed by atoms with E-state index in [4.69, 9.17) is 9.41 Å². The molecule has 2 aromatic carbocycles. The van der Waals surface area contributed by atoms with Crippen LogP contribution in [-0.4, -0.2) is 60.5 Å². The summed E-state index contributed by atoms with van der Waals surface area (Å²) >= 11 is 0. The van der Waals surface area contributed by atoms with E-state index in [0.29, 0.717) is 19.0 Å². The van der Waals surface area contributed by atoms with E-state index < -0.39 is 0 Å². The molecule has 8 heteroatoms. The molecule has 1 aliphatic heterocycles. The Balaban J connectivity index is 0.00000324. The molecule has 0 bridgehead atoms. The zero-order valence-electron chi connectivity index (χ0n) is 20.0. The molecule has 182 valence electrons. The molecular formula is C26H35IN6O. The van der Waals surface area contributed by atoms with E-state index in [0.717, 1.165) is 56.5 Å². The highest BCUT2D eigenvalue weighted by molar-refractivity contribution is 14.0. The Hall–Kier alpha value is -2.43. The maximum absolute atomic E-state index is 5.63. The summed E-state index contributed by atoms with van der Waals surface area (Å²) in [5, 5.41) is 6.65. The molecule has 1 aromatic heterocycles. The molecule has 1 aliphatic rings. The normalized spacial score (nSPS) is 15.1. The van der Waals surface area contributed by atoms with Crippen molar-refractivity contribution in [3.8, 4) is 11.5 Å². The van der Waals surface area contributed by atoms with Crippen molar-refractivity contribution in [3.05, 3.63) is 77.7 Å². The van der Waals surface area contributed by atoms with Gasteiger partial charge in [-0.3, -0.25) is 4.90 Å².